The van der Waals surface area contributed by atoms with Crippen molar-refractivity contribution in [3.8, 4) is 0 Å². The van der Waals surface area contributed by atoms with Crippen LogP contribution in [0.5, 0.6) is 0 Å². The predicted molar refractivity (Wildman–Crippen MR) is 112 cm³/mol. The number of carbonyl (C=O) groups excluding carboxylic acids is 2. The first-order valence-electron chi connectivity index (χ1n) is 10.5. The maximum absolute atomic E-state index is 13.0. The number of likely N-dealkylation sites (tertiary alicyclic amines) is 2. The first-order chi connectivity index (χ1) is 14.0. The number of aryl methyl sites for hydroxylation is 1. The lowest BCUT2D eigenvalue weighted by atomic mass is 9.73. The molecule has 0 bridgehead atoms. The summed E-state index contributed by atoms with van der Waals surface area (Å²) in [5, 5.41) is 0. The normalized spacial score (nSPS) is 22.2. The highest BCUT2D eigenvalue weighted by Gasteiger charge is 2.42. The lowest BCUT2D eigenvalue weighted by Crippen LogP contribution is -2.55. The number of piperidine rings is 2. The van der Waals surface area contributed by atoms with Gasteiger partial charge in [-0.3, -0.25) is 14.6 Å². The molecule has 0 N–H and O–H groups in total. The maximum Gasteiger partial charge on any atom is 0.227 e. The SMILES string of the molecule is Cc1cccc(CC(=O)N2CCCC3(CCC(=O)N(Cc4ccncc4)C3)C2)c1. The number of rotatable bonds is 4. The summed E-state index contributed by atoms with van der Waals surface area (Å²) in [5.74, 6) is 0.419. The number of amides is 2. The van der Waals surface area contributed by atoms with Gasteiger partial charge in [0.2, 0.25) is 11.8 Å². The van der Waals surface area contributed by atoms with Gasteiger partial charge < -0.3 is 9.80 Å². The van der Waals surface area contributed by atoms with Gasteiger partial charge in [-0.1, -0.05) is 29.8 Å². The number of nitrogens with zero attached hydrogens (tertiary/aromatic N) is 3. The lowest BCUT2D eigenvalue weighted by Gasteiger charge is -2.48. The van der Waals surface area contributed by atoms with Crippen LogP contribution in [0, 0.1) is 12.3 Å². The van der Waals surface area contributed by atoms with E-state index >= 15 is 0 Å². The third-order valence-corrected chi connectivity index (χ3v) is 6.32. The Morgan fingerprint density at radius 3 is 2.72 bits per heavy atom. The van der Waals surface area contributed by atoms with Crippen LogP contribution in [0.1, 0.15) is 42.4 Å². The van der Waals surface area contributed by atoms with Gasteiger partial charge in [-0.2, -0.15) is 0 Å². The van der Waals surface area contributed by atoms with Crippen LogP contribution < -0.4 is 0 Å². The van der Waals surface area contributed by atoms with E-state index in [1.54, 1.807) is 12.4 Å². The fourth-order valence-corrected chi connectivity index (χ4v) is 4.82. The molecule has 1 spiro atoms. The van der Waals surface area contributed by atoms with E-state index in [-0.39, 0.29) is 17.2 Å². The number of hydrogen-bond acceptors (Lipinski definition) is 3. The van der Waals surface area contributed by atoms with Gasteiger partial charge >= 0.3 is 0 Å². The predicted octanol–water partition coefficient (Wildman–Crippen LogP) is 3.36. The molecule has 1 aromatic heterocycles. The van der Waals surface area contributed by atoms with Gasteiger partial charge in [-0.05, 0) is 49.4 Å². The van der Waals surface area contributed by atoms with Crippen LogP contribution in [0.3, 0.4) is 0 Å². The molecule has 2 aliphatic heterocycles. The average molecular weight is 392 g/mol. The molecule has 2 saturated heterocycles. The zero-order chi connectivity index (χ0) is 20.3. The molecule has 2 fully saturated rings. The summed E-state index contributed by atoms with van der Waals surface area (Å²) in [4.78, 5) is 33.6. The second-order valence-corrected chi connectivity index (χ2v) is 8.69. The van der Waals surface area contributed by atoms with Gasteiger partial charge in [0.25, 0.3) is 0 Å². The van der Waals surface area contributed by atoms with Crippen LogP contribution in [0.25, 0.3) is 0 Å². The van der Waals surface area contributed by atoms with Crippen LogP contribution >= 0.6 is 0 Å². The first-order valence-corrected chi connectivity index (χ1v) is 10.5. The number of carbonyl (C=O) groups is 2. The third-order valence-electron chi connectivity index (χ3n) is 6.32. The quantitative estimate of drug-likeness (QED) is 0.803. The van der Waals surface area contributed by atoms with Crippen molar-refractivity contribution in [2.45, 2.75) is 45.6 Å². The smallest absolute Gasteiger partial charge is 0.227 e. The molecule has 4 rings (SSSR count). The molecule has 29 heavy (non-hydrogen) atoms. The molecule has 5 heteroatoms. The molecule has 1 aromatic carbocycles. The van der Waals surface area contributed by atoms with Gasteiger partial charge in [0, 0.05) is 50.4 Å². The Balaban J connectivity index is 1.43. The van der Waals surface area contributed by atoms with Crippen molar-refractivity contribution in [2.24, 2.45) is 5.41 Å². The van der Waals surface area contributed by atoms with E-state index < -0.39 is 0 Å². The summed E-state index contributed by atoms with van der Waals surface area (Å²) >= 11 is 0. The second-order valence-electron chi connectivity index (χ2n) is 8.69. The molecule has 2 aromatic rings. The number of aromatic nitrogens is 1. The minimum atomic E-state index is 0.0292. The largest absolute Gasteiger partial charge is 0.342 e. The fourth-order valence-electron chi connectivity index (χ4n) is 4.82. The van der Waals surface area contributed by atoms with Gasteiger partial charge in [0.15, 0.2) is 0 Å². The Labute approximate surface area is 172 Å². The topological polar surface area (TPSA) is 53.5 Å². The molecule has 3 heterocycles. The highest BCUT2D eigenvalue weighted by Crippen LogP contribution is 2.39. The van der Waals surface area contributed by atoms with E-state index in [1.807, 2.05) is 34.1 Å². The van der Waals surface area contributed by atoms with Gasteiger partial charge in [-0.25, -0.2) is 0 Å². The van der Waals surface area contributed by atoms with E-state index in [4.69, 9.17) is 0 Å². The Bertz CT molecular complexity index is 883. The molecule has 0 aliphatic carbocycles. The van der Waals surface area contributed by atoms with Crippen LogP contribution in [0.15, 0.2) is 48.8 Å². The van der Waals surface area contributed by atoms with Crippen LogP contribution in [0.4, 0.5) is 0 Å². The Hall–Kier alpha value is -2.69. The summed E-state index contributed by atoms with van der Waals surface area (Å²) < 4.78 is 0. The van der Waals surface area contributed by atoms with Crippen molar-refractivity contribution in [3.63, 3.8) is 0 Å². The van der Waals surface area contributed by atoms with Crippen molar-refractivity contribution in [1.29, 1.82) is 0 Å². The molecule has 5 nitrogen and oxygen atoms in total. The summed E-state index contributed by atoms with van der Waals surface area (Å²) in [5.41, 5.74) is 3.39. The van der Waals surface area contributed by atoms with Gasteiger partial charge in [0.1, 0.15) is 0 Å². The van der Waals surface area contributed by atoms with Crippen molar-refractivity contribution in [1.82, 2.24) is 14.8 Å². The molecule has 1 unspecified atom stereocenters. The van der Waals surface area contributed by atoms with Crippen LogP contribution in [-0.4, -0.2) is 46.2 Å². The summed E-state index contributed by atoms with van der Waals surface area (Å²) in [6, 6.07) is 12.1. The van der Waals surface area contributed by atoms with E-state index in [9.17, 15) is 9.59 Å². The molecule has 2 amide bonds. The first kappa shape index (κ1) is 19.6. The Morgan fingerprint density at radius 1 is 1.10 bits per heavy atom. The van der Waals surface area contributed by atoms with Crippen molar-refractivity contribution >= 4 is 11.8 Å². The van der Waals surface area contributed by atoms with Crippen molar-refractivity contribution in [3.05, 3.63) is 65.5 Å². The highest BCUT2D eigenvalue weighted by atomic mass is 16.2. The standard InChI is InChI=1S/C24H29N3O2/c1-19-4-2-5-21(14-19)15-23(29)26-13-3-9-24(17-26)10-6-22(28)27(18-24)16-20-7-11-25-12-8-20/h2,4-5,7-8,11-12,14H,3,6,9-10,13,15-18H2,1H3. The Kier molecular flexibility index (Phi) is 5.65. The molecule has 1 atom stereocenters. The maximum atomic E-state index is 13.0. The lowest BCUT2D eigenvalue weighted by molar-refractivity contribution is -0.143. The Morgan fingerprint density at radius 2 is 1.93 bits per heavy atom. The third kappa shape index (κ3) is 4.66. The van der Waals surface area contributed by atoms with Crippen LogP contribution in [-0.2, 0) is 22.6 Å². The second kappa shape index (κ2) is 8.36. The van der Waals surface area contributed by atoms with Crippen molar-refractivity contribution < 1.29 is 9.59 Å². The molecule has 2 aliphatic rings. The molecule has 0 radical (unpaired) electrons. The summed E-state index contributed by atoms with van der Waals surface area (Å²) in [7, 11) is 0. The van der Waals surface area contributed by atoms with E-state index in [0.717, 1.165) is 50.0 Å². The zero-order valence-electron chi connectivity index (χ0n) is 17.1. The van der Waals surface area contributed by atoms with Crippen LogP contribution in [0.2, 0.25) is 0 Å². The monoisotopic (exact) mass is 391 g/mol. The van der Waals surface area contributed by atoms with E-state index in [0.29, 0.717) is 19.4 Å². The average Bonchev–Trinajstić information content (AvgIpc) is 2.72. The molecular formula is C24H29N3O2. The van der Waals surface area contributed by atoms with Gasteiger partial charge in [0.05, 0.1) is 6.42 Å². The molecule has 0 saturated carbocycles. The highest BCUT2D eigenvalue weighted by molar-refractivity contribution is 5.79. The van der Waals surface area contributed by atoms with Gasteiger partial charge in [-0.15, -0.1) is 0 Å². The zero-order valence-corrected chi connectivity index (χ0v) is 17.1. The molecular weight excluding hydrogens is 362 g/mol. The minimum Gasteiger partial charge on any atom is -0.342 e. The number of hydrogen-bond donors (Lipinski definition) is 0. The summed E-state index contributed by atoms with van der Waals surface area (Å²) in [6.07, 6.45) is 7.55. The summed E-state index contributed by atoms with van der Waals surface area (Å²) in [6.45, 7) is 5.01. The fraction of sp³-hybridized carbons (Fsp3) is 0.458. The van der Waals surface area contributed by atoms with Crippen molar-refractivity contribution in [2.75, 3.05) is 19.6 Å². The number of benzene rings is 1. The minimum absolute atomic E-state index is 0.0292. The molecule has 152 valence electrons. The van der Waals surface area contributed by atoms with E-state index in [1.165, 1.54) is 5.56 Å². The number of pyridine rings is 1. The van der Waals surface area contributed by atoms with E-state index in [2.05, 4.69) is 24.0 Å².